The highest BCUT2D eigenvalue weighted by molar-refractivity contribution is 9.10. The molecular weight excluding hydrogens is 314 g/mol. The van der Waals surface area contributed by atoms with Crippen molar-refractivity contribution in [3.8, 4) is 5.75 Å². The van der Waals surface area contributed by atoms with Gasteiger partial charge in [0.05, 0.1) is 0 Å². The molecule has 0 atom stereocenters. The highest BCUT2D eigenvalue weighted by atomic mass is 79.9. The first-order chi connectivity index (χ1) is 9.31. The monoisotopic (exact) mass is 339 g/mol. The fourth-order valence-corrected chi connectivity index (χ4v) is 3.70. The first kappa shape index (κ1) is 15.8. The lowest BCUT2D eigenvalue weighted by molar-refractivity contribution is -0.0340. The van der Waals surface area contributed by atoms with E-state index in [0.717, 1.165) is 23.4 Å². The molecule has 0 saturated carbocycles. The van der Waals surface area contributed by atoms with E-state index in [2.05, 4.69) is 48.5 Å². The maximum absolute atomic E-state index is 5.89. The lowest BCUT2D eigenvalue weighted by atomic mass is 9.80. The number of halogens is 1. The quantitative estimate of drug-likeness (QED) is 0.775. The van der Waals surface area contributed by atoms with Crippen LogP contribution in [0.1, 0.15) is 47.0 Å². The Hall–Kier alpha value is -0.540. The van der Waals surface area contributed by atoms with Crippen LogP contribution >= 0.6 is 15.9 Å². The van der Waals surface area contributed by atoms with Gasteiger partial charge in [0.15, 0.2) is 0 Å². The van der Waals surface area contributed by atoms with Crippen LogP contribution < -0.4 is 4.74 Å². The third-order valence-corrected chi connectivity index (χ3v) is 4.96. The Labute approximate surface area is 131 Å². The molecule has 0 bridgehead atoms. The first-order valence-electron chi connectivity index (χ1n) is 7.47. The van der Waals surface area contributed by atoms with Gasteiger partial charge in [-0.15, -0.1) is 0 Å². The Morgan fingerprint density at radius 1 is 1.05 bits per heavy atom. The zero-order valence-corrected chi connectivity index (χ0v) is 14.7. The predicted molar refractivity (Wildman–Crippen MR) is 88.4 cm³/mol. The summed E-state index contributed by atoms with van der Waals surface area (Å²) < 4.78 is 6.97. The van der Waals surface area contributed by atoms with Crippen molar-refractivity contribution < 1.29 is 4.74 Å². The molecule has 2 nitrogen and oxygen atoms in total. The van der Waals surface area contributed by atoms with Gasteiger partial charge in [0, 0.05) is 22.1 Å². The summed E-state index contributed by atoms with van der Waals surface area (Å²) in [5.74, 6) is 0.945. The van der Waals surface area contributed by atoms with E-state index >= 15 is 0 Å². The minimum Gasteiger partial charge on any atom is -0.492 e. The summed E-state index contributed by atoms with van der Waals surface area (Å²) >= 11 is 3.44. The fourth-order valence-electron chi connectivity index (χ4n) is 3.43. The number of piperidine rings is 1. The van der Waals surface area contributed by atoms with Gasteiger partial charge >= 0.3 is 0 Å². The molecule has 0 aliphatic carbocycles. The van der Waals surface area contributed by atoms with E-state index in [1.54, 1.807) is 0 Å². The van der Waals surface area contributed by atoms with Gasteiger partial charge in [-0.2, -0.15) is 0 Å². The van der Waals surface area contributed by atoms with Crippen molar-refractivity contribution >= 4 is 15.9 Å². The summed E-state index contributed by atoms with van der Waals surface area (Å²) in [6.07, 6.45) is 3.87. The molecule has 3 heteroatoms. The Morgan fingerprint density at radius 3 is 2.15 bits per heavy atom. The molecule has 1 heterocycles. The minimum absolute atomic E-state index is 0.269. The topological polar surface area (TPSA) is 12.5 Å². The maximum atomic E-state index is 5.89. The molecule has 0 N–H and O–H groups in total. The fraction of sp³-hybridized carbons (Fsp3) is 0.647. The molecular formula is C17H26BrNO. The van der Waals surface area contributed by atoms with Crippen molar-refractivity contribution in [1.82, 2.24) is 4.90 Å². The summed E-state index contributed by atoms with van der Waals surface area (Å²) in [5, 5.41) is 0. The second-order valence-electron chi connectivity index (χ2n) is 6.93. The molecule has 1 aromatic rings. The van der Waals surface area contributed by atoms with Crippen LogP contribution in [0, 0.1) is 0 Å². The van der Waals surface area contributed by atoms with Crippen molar-refractivity contribution in [2.24, 2.45) is 0 Å². The summed E-state index contributed by atoms with van der Waals surface area (Å²) in [4.78, 5) is 2.61. The van der Waals surface area contributed by atoms with Crippen LogP contribution in [0.3, 0.4) is 0 Å². The normalized spacial score (nSPS) is 21.6. The summed E-state index contributed by atoms with van der Waals surface area (Å²) in [7, 11) is 0. The van der Waals surface area contributed by atoms with Crippen LogP contribution in [0.4, 0.5) is 0 Å². The van der Waals surface area contributed by atoms with Crippen molar-refractivity contribution in [2.45, 2.75) is 58.0 Å². The molecule has 1 aliphatic heterocycles. The van der Waals surface area contributed by atoms with Gasteiger partial charge in [-0.25, -0.2) is 0 Å². The average molecular weight is 340 g/mol. The van der Waals surface area contributed by atoms with Crippen molar-refractivity contribution in [1.29, 1.82) is 0 Å². The van der Waals surface area contributed by atoms with Crippen LogP contribution in [0.2, 0.25) is 0 Å². The Kier molecular flexibility index (Phi) is 4.80. The van der Waals surface area contributed by atoms with Gasteiger partial charge in [-0.3, -0.25) is 4.90 Å². The van der Waals surface area contributed by atoms with Gasteiger partial charge in [0.1, 0.15) is 12.4 Å². The lowest BCUT2D eigenvalue weighted by Gasteiger charge is -2.53. The summed E-state index contributed by atoms with van der Waals surface area (Å²) in [5.41, 5.74) is 0.537. The van der Waals surface area contributed by atoms with E-state index in [1.807, 2.05) is 24.3 Å². The zero-order valence-electron chi connectivity index (χ0n) is 13.1. The molecule has 1 aliphatic rings. The Balaban J connectivity index is 1.93. The molecule has 0 radical (unpaired) electrons. The van der Waals surface area contributed by atoms with Crippen LogP contribution in [-0.4, -0.2) is 29.1 Å². The van der Waals surface area contributed by atoms with Gasteiger partial charge < -0.3 is 4.74 Å². The molecule has 0 aromatic heterocycles. The van der Waals surface area contributed by atoms with Gasteiger partial charge in [-0.05, 0) is 71.2 Å². The number of hydrogen-bond donors (Lipinski definition) is 0. The van der Waals surface area contributed by atoms with Crippen LogP contribution in [0.25, 0.3) is 0 Å². The zero-order chi connectivity index (χ0) is 14.8. The second kappa shape index (κ2) is 6.07. The first-order valence-corrected chi connectivity index (χ1v) is 8.27. The molecule has 1 aromatic carbocycles. The van der Waals surface area contributed by atoms with E-state index in [4.69, 9.17) is 4.74 Å². The van der Waals surface area contributed by atoms with Crippen LogP contribution in [-0.2, 0) is 0 Å². The molecule has 20 heavy (non-hydrogen) atoms. The lowest BCUT2D eigenvalue weighted by Crippen LogP contribution is -2.59. The molecule has 0 spiro atoms. The minimum atomic E-state index is 0.269. The predicted octanol–water partition coefficient (Wildman–Crippen LogP) is 4.87. The molecule has 0 amide bonds. The van der Waals surface area contributed by atoms with Gasteiger partial charge in [-0.1, -0.05) is 15.9 Å². The molecule has 0 unspecified atom stereocenters. The van der Waals surface area contributed by atoms with E-state index in [0.29, 0.717) is 0 Å². The number of nitrogens with zero attached hydrogens (tertiary/aromatic N) is 1. The number of hydrogen-bond acceptors (Lipinski definition) is 2. The molecule has 112 valence electrons. The number of benzene rings is 1. The smallest absolute Gasteiger partial charge is 0.119 e. The highest BCUT2D eigenvalue weighted by Gasteiger charge is 2.40. The van der Waals surface area contributed by atoms with Crippen molar-refractivity contribution in [2.75, 3.05) is 13.2 Å². The number of ether oxygens (including phenoxy) is 1. The van der Waals surface area contributed by atoms with Crippen LogP contribution in [0.15, 0.2) is 28.7 Å². The molecule has 1 fully saturated rings. The van der Waals surface area contributed by atoms with Crippen LogP contribution in [0.5, 0.6) is 5.75 Å². The Morgan fingerprint density at radius 2 is 1.60 bits per heavy atom. The average Bonchev–Trinajstić information content (AvgIpc) is 2.34. The summed E-state index contributed by atoms with van der Waals surface area (Å²) in [6, 6.07) is 8.06. The number of rotatable bonds is 4. The third kappa shape index (κ3) is 3.76. The van der Waals surface area contributed by atoms with Gasteiger partial charge in [0.2, 0.25) is 0 Å². The van der Waals surface area contributed by atoms with Crippen molar-refractivity contribution in [3.05, 3.63) is 28.7 Å². The molecule has 1 saturated heterocycles. The van der Waals surface area contributed by atoms with E-state index < -0.39 is 0 Å². The highest BCUT2D eigenvalue weighted by Crippen LogP contribution is 2.37. The SMILES string of the molecule is CC1(C)CCCC(C)(C)N1CCOc1ccc(Br)cc1. The molecule has 2 rings (SSSR count). The van der Waals surface area contributed by atoms with E-state index in [-0.39, 0.29) is 11.1 Å². The van der Waals surface area contributed by atoms with E-state index in [1.165, 1.54) is 19.3 Å². The summed E-state index contributed by atoms with van der Waals surface area (Å²) in [6.45, 7) is 11.1. The van der Waals surface area contributed by atoms with Gasteiger partial charge in [0.25, 0.3) is 0 Å². The maximum Gasteiger partial charge on any atom is 0.119 e. The number of likely N-dealkylation sites (tertiary alicyclic amines) is 1. The standard InChI is InChI=1S/C17H26BrNO/c1-16(2)10-5-11-17(3,4)19(16)12-13-20-15-8-6-14(18)7-9-15/h6-9H,5,10-13H2,1-4H3. The largest absolute Gasteiger partial charge is 0.492 e. The third-order valence-electron chi connectivity index (χ3n) is 4.44. The van der Waals surface area contributed by atoms with Crippen molar-refractivity contribution in [3.63, 3.8) is 0 Å². The second-order valence-corrected chi connectivity index (χ2v) is 7.85. The Bertz CT molecular complexity index is 423. The van der Waals surface area contributed by atoms with E-state index in [9.17, 15) is 0 Å².